The van der Waals surface area contributed by atoms with Crippen molar-refractivity contribution in [3.05, 3.63) is 35.4 Å². The normalized spacial score (nSPS) is 13.2. The number of hydrogen-bond donors (Lipinski definition) is 2. The molecule has 2 aromatic carbocycles. The summed E-state index contributed by atoms with van der Waals surface area (Å²) in [6.07, 6.45) is 0. The van der Waals surface area contributed by atoms with E-state index in [-0.39, 0.29) is 33.5 Å². The standard InChI is InChI=1S/C28H42O4S/c1-25(2,3)19-13-17(31-27(7,8)9)15-21(23(19)29)33-22-16-18(32-28(10,11)12)14-20(24(22)30)26(4,5)6/h13-16,29-30H,1-12H3. The molecule has 0 aromatic heterocycles. The van der Waals surface area contributed by atoms with Crippen LogP contribution >= 0.6 is 11.8 Å². The van der Waals surface area contributed by atoms with Gasteiger partial charge in [-0.2, -0.15) is 0 Å². The molecule has 0 atom stereocenters. The van der Waals surface area contributed by atoms with Crippen LogP contribution in [0.15, 0.2) is 34.1 Å². The molecule has 0 saturated carbocycles. The van der Waals surface area contributed by atoms with E-state index in [1.165, 1.54) is 11.8 Å². The number of rotatable bonds is 4. The Labute approximate surface area is 204 Å². The van der Waals surface area contributed by atoms with Crippen LogP contribution in [0.25, 0.3) is 0 Å². The molecule has 0 aliphatic carbocycles. The Kier molecular flexibility index (Phi) is 7.41. The van der Waals surface area contributed by atoms with Gasteiger partial charge in [-0.3, -0.25) is 0 Å². The van der Waals surface area contributed by atoms with Gasteiger partial charge in [0.2, 0.25) is 0 Å². The summed E-state index contributed by atoms with van der Waals surface area (Å²) in [5.41, 5.74) is 0.263. The lowest BCUT2D eigenvalue weighted by Gasteiger charge is -2.28. The molecule has 184 valence electrons. The number of benzene rings is 2. The van der Waals surface area contributed by atoms with Crippen molar-refractivity contribution in [3.8, 4) is 23.0 Å². The number of ether oxygens (including phenoxy) is 2. The van der Waals surface area contributed by atoms with Crippen LogP contribution in [0.4, 0.5) is 0 Å². The van der Waals surface area contributed by atoms with E-state index in [4.69, 9.17) is 9.47 Å². The molecule has 0 bridgehead atoms. The van der Waals surface area contributed by atoms with E-state index in [0.717, 1.165) is 11.1 Å². The zero-order chi connectivity index (χ0) is 25.6. The van der Waals surface area contributed by atoms with Crippen LogP contribution in [-0.4, -0.2) is 21.4 Å². The van der Waals surface area contributed by atoms with Gasteiger partial charge in [-0.25, -0.2) is 0 Å². The van der Waals surface area contributed by atoms with Crippen LogP contribution in [0.1, 0.15) is 94.2 Å². The Bertz CT molecular complexity index is 916. The van der Waals surface area contributed by atoms with Crippen LogP contribution < -0.4 is 9.47 Å². The van der Waals surface area contributed by atoms with Gasteiger partial charge in [-0.05, 0) is 76.6 Å². The number of aromatic hydroxyl groups is 2. The molecule has 0 unspecified atom stereocenters. The van der Waals surface area contributed by atoms with Gasteiger partial charge in [0.05, 0.1) is 9.79 Å². The second kappa shape index (κ2) is 8.98. The Morgan fingerprint density at radius 3 is 1.09 bits per heavy atom. The molecular formula is C28H42O4S. The first-order valence-electron chi connectivity index (χ1n) is 11.5. The molecule has 5 heteroatoms. The van der Waals surface area contributed by atoms with Gasteiger partial charge in [-0.15, -0.1) is 0 Å². The topological polar surface area (TPSA) is 58.9 Å². The van der Waals surface area contributed by atoms with Gasteiger partial charge in [0.15, 0.2) is 0 Å². The fraction of sp³-hybridized carbons (Fsp3) is 0.571. The summed E-state index contributed by atoms with van der Waals surface area (Å²) in [6.45, 7) is 24.3. The van der Waals surface area contributed by atoms with E-state index in [1.807, 2.05) is 65.8 Å². The fourth-order valence-electron chi connectivity index (χ4n) is 3.41. The summed E-state index contributed by atoms with van der Waals surface area (Å²) in [4.78, 5) is 1.26. The minimum Gasteiger partial charge on any atom is -0.506 e. The Hall–Kier alpha value is -2.01. The van der Waals surface area contributed by atoms with Crippen molar-refractivity contribution in [1.29, 1.82) is 0 Å². The van der Waals surface area contributed by atoms with E-state index in [9.17, 15) is 10.2 Å². The summed E-state index contributed by atoms with van der Waals surface area (Å²) < 4.78 is 12.3. The quantitative estimate of drug-likeness (QED) is 0.468. The minimum atomic E-state index is -0.379. The predicted molar refractivity (Wildman–Crippen MR) is 138 cm³/mol. The smallest absolute Gasteiger partial charge is 0.133 e. The van der Waals surface area contributed by atoms with Crippen LogP contribution in [-0.2, 0) is 10.8 Å². The summed E-state index contributed by atoms with van der Waals surface area (Å²) in [7, 11) is 0. The zero-order valence-electron chi connectivity index (χ0n) is 22.4. The second-order valence-electron chi connectivity index (χ2n) is 12.7. The first-order valence-corrected chi connectivity index (χ1v) is 12.3. The second-order valence-corrected chi connectivity index (χ2v) is 13.7. The monoisotopic (exact) mass is 474 g/mol. The molecule has 0 fully saturated rings. The van der Waals surface area contributed by atoms with E-state index in [0.29, 0.717) is 21.3 Å². The molecule has 0 aliphatic rings. The largest absolute Gasteiger partial charge is 0.506 e. The van der Waals surface area contributed by atoms with Crippen LogP contribution in [0.3, 0.4) is 0 Å². The molecule has 2 rings (SSSR count). The van der Waals surface area contributed by atoms with Crippen molar-refractivity contribution in [2.75, 3.05) is 0 Å². The third-order valence-corrected chi connectivity index (χ3v) is 5.84. The van der Waals surface area contributed by atoms with Crippen LogP contribution in [0.2, 0.25) is 0 Å². The van der Waals surface area contributed by atoms with Gasteiger partial charge >= 0.3 is 0 Å². The fourth-order valence-corrected chi connectivity index (χ4v) is 4.41. The highest BCUT2D eigenvalue weighted by Crippen LogP contribution is 2.49. The molecule has 0 spiro atoms. The summed E-state index contributed by atoms with van der Waals surface area (Å²) in [5.74, 6) is 1.77. The zero-order valence-corrected chi connectivity index (χ0v) is 23.2. The number of hydrogen-bond acceptors (Lipinski definition) is 5. The summed E-state index contributed by atoms with van der Waals surface area (Å²) >= 11 is 1.32. The summed E-state index contributed by atoms with van der Waals surface area (Å²) in [5, 5.41) is 22.4. The number of phenols is 2. The average molecular weight is 475 g/mol. The third-order valence-electron chi connectivity index (χ3n) is 4.78. The van der Waals surface area contributed by atoms with Crippen molar-refractivity contribution in [2.24, 2.45) is 0 Å². The Morgan fingerprint density at radius 1 is 0.545 bits per heavy atom. The van der Waals surface area contributed by atoms with Crippen molar-refractivity contribution in [3.63, 3.8) is 0 Å². The van der Waals surface area contributed by atoms with Gasteiger partial charge in [0.25, 0.3) is 0 Å². The van der Waals surface area contributed by atoms with Crippen molar-refractivity contribution < 1.29 is 19.7 Å². The lowest BCUT2D eigenvalue weighted by molar-refractivity contribution is 0.129. The molecule has 0 amide bonds. The SMILES string of the molecule is CC(C)(C)Oc1cc(Sc2cc(OC(C)(C)C)cc(C(C)(C)C)c2O)c(O)c(C(C)(C)C)c1. The van der Waals surface area contributed by atoms with E-state index < -0.39 is 0 Å². The number of phenolic OH excluding ortho intramolecular Hbond substituents is 2. The van der Waals surface area contributed by atoms with Crippen LogP contribution in [0, 0.1) is 0 Å². The van der Waals surface area contributed by atoms with Crippen LogP contribution in [0.5, 0.6) is 23.0 Å². The van der Waals surface area contributed by atoms with E-state index >= 15 is 0 Å². The van der Waals surface area contributed by atoms with Gasteiger partial charge in [0, 0.05) is 11.1 Å². The van der Waals surface area contributed by atoms with Crippen molar-refractivity contribution >= 4 is 11.8 Å². The summed E-state index contributed by atoms with van der Waals surface area (Å²) in [6, 6.07) is 7.50. The van der Waals surface area contributed by atoms with Gasteiger partial charge in [0.1, 0.15) is 34.2 Å². The van der Waals surface area contributed by atoms with Crippen molar-refractivity contribution in [2.45, 2.75) is 115 Å². The minimum absolute atomic E-state index is 0.201. The maximum Gasteiger partial charge on any atom is 0.133 e. The highest BCUT2D eigenvalue weighted by Gasteiger charge is 2.27. The predicted octanol–water partition coefficient (Wildman–Crippen LogP) is 8.20. The maximum absolute atomic E-state index is 11.2. The highest BCUT2D eigenvalue weighted by molar-refractivity contribution is 7.99. The Morgan fingerprint density at radius 2 is 0.848 bits per heavy atom. The molecule has 2 N–H and O–H groups in total. The molecule has 4 nitrogen and oxygen atoms in total. The first kappa shape index (κ1) is 27.2. The Balaban J connectivity index is 2.70. The van der Waals surface area contributed by atoms with E-state index in [2.05, 4.69) is 41.5 Å². The molecule has 0 aliphatic heterocycles. The molecule has 0 saturated heterocycles. The lowest BCUT2D eigenvalue weighted by Crippen LogP contribution is -2.23. The maximum atomic E-state index is 11.2. The first-order chi connectivity index (χ1) is 14.7. The molecule has 0 radical (unpaired) electrons. The van der Waals surface area contributed by atoms with Gasteiger partial charge in [-0.1, -0.05) is 53.3 Å². The highest BCUT2D eigenvalue weighted by atomic mass is 32.2. The van der Waals surface area contributed by atoms with Crippen molar-refractivity contribution in [1.82, 2.24) is 0 Å². The molecule has 0 heterocycles. The molecule has 33 heavy (non-hydrogen) atoms. The van der Waals surface area contributed by atoms with Gasteiger partial charge < -0.3 is 19.7 Å². The average Bonchev–Trinajstić information content (AvgIpc) is 2.55. The molecular weight excluding hydrogens is 432 g/mol. The molecule has 2 aromatic rings. The third kappa shape index (κ3) is 7.49. The lowest BCUT2D eigenvalue weighted by atomic mass is 9.86. The van der Waals surface area contributed by atoms with E-state index in [1.54, 1.807) is 0 Å².